The number of carbonyl (C=O) groups is 1. The van der Waals surface area contributed by atoms with Gasteiger partial charge in [0.1, 0.15) is 5.69 Å². The molecule has 0 spiro atoms. The highest BCUT2D eigenvalue weighted by Crippen LogP contribution is 2.27. The second-order valence-corrected chi connectivity index (χ2v) is 4.85. The van der Waals surface area contributed by atoms with Gasteiger partial charge in [-0.05, 0) is 25.1 Å². The molecule has 2 aromatic rings. The van der Waals surface area contributed by atoms with Crippen LogP contribution in [0.3, 0.4) is 0 Å². The second-order valence-electron chi connectivity index (χ2n) is 4.41. The standard InChI is InChI=1S/C13H13ClN4O3/c1-9-4-6-15-17(9)7-5-13(19)16-11-3-2-10(14)8-12(11)18(20)21/h2-4,6,8H,5,7H2,1H3,(H,16,19). The number of hydrogen-bond donors (Lipinski definition) is 1. The van der Waals surface area contributed by atoms with Crippen molar-refractivity contribution >= 4 is 28.9 Å². The molecule has 7 nitrogen and oxygen atoms in total. The summed E-state index contributed by atoms with van der Waals surface area (Å²) in [6.45, 7) is 2.29. The molecule has 0 aliphatic heterocycles. The van der Waals surface area contributed by atoms with Crippen LogP contribution in [0.4, 0.5) is 11.4 Å². The van der Waals surface area contributed by atoms with Crippen molar-refractivity contribution in [2.75, 3.05) is 5.32 Å². The first-order valence-electron chi connectivity index (χ1n) is 6.19. The fraction of sp³-hybridized carbons (Fsp3) is 0.231. The molecule has 1 amide bonds. The lowest BCUT2D eigenvalue weighted by molar-refractivity contribution is -0.383. The smallest absolute Gasteiger partial charge is 0.294 e. The monoisotopic (exact) mass is 308 g/mol. The first kappa shape index (κ1) is 15.0. The van der Waals surface area contributed by atoms with Crippen molar-refractivity contribution < 1.29 is 9.72 Å². The molecule has 0 aliphatic rings. The van der Waals surface area contributed by atoms with Crippen LogP contribution in [0.5, 0.6) is 0 Å². The van der Waals surface area contributed by atoms with E-state index in [1.54, 1.807) is 10.9 Å². The normalized spacial score (nSPS) is 10.4. The van der Waals surface area contributed by atoms with Gasteiger partial charge in [0, 0.05) is 35.9 Å². The number of aromatic nitrogens is 2. The third kappa shape index (κ3) is 3.79. The third-order valence-electron chi connectivity index (χ3n) is 2.91. The summed E-state index contributed by atoms with van der Waals surface area (Å²) >= 11 is 5.71. The van der Waals surface area contributed by atoms with Crippen molar-refractivity contribution in [2.24, 2.45) is 0 Å². The van der Waals surface area contributed by atoms with Gasteiger partial charge in [0.2, 0.25) is 5.91 Å². The molecule has 0 saturated heterocycles. The molecule has 110 valence electrons. The molecule has 2 rings (SSSR count). The highest BCUT2D eigenvalue weighted by molar-refractivity contribution is 6.31. The van der Waals surface area contributed by atoms with E-state index in [1.165, 1.54) is 18.2 Å². The Morgan fingerprint density at radius 1 is 1.48 bits per heavy atom. The Morgan fingerprint density at radius 2 is 2.24 bits per heavy atom. The number of nitro benzene ring substituents is 1. The Bertz CT molecular complexity index is 684. The number of nitro groups is 1. The highest BCUT2D eigenvalue weighted by Gasteiger charge is 2.16. The fourth-order valence-corrected chi connectivity index (χ4v) is 1.98. The summed E-state index contributed by atoms with van der Waals surface area (Å²) in [6, 6.07) is 5.94. The summed E-state index contributed by atoms with van der Waals surface area (Å²) in [5, 5.41) is 17.8. The minimum absolute atomic E-state index is 0.131. The third-order valence-corrected chi connectivity index (χ3v) is 3.15. The lowest BCUT2D eigenvalue weighted by Gasteiger charge is -2.07. The molecule has 0 radical (unpaired) electrons. The number of rotatable bonds is 5. The maximum atomic E-state index is 11.9. The summed E-state index contributed by atoms with van der Waals surface area (Å²) in [5.41, 5.74) is 0.845. The van der Waals surface area contributed by atoms with Crippen LogP contribution in [0, 0.1) is 17.0 Å². The summed E-state index contributed by atoms with van der Waals surface area (Å²) < 4.78 is 1.69. The summed E-state index contributed by atoms with van der Waals surface area (Å²) in [6.07, 6.45) is 1.82. The SMILES string of the molecule is Cc1ccnn1CCC(=O)Nc1ccc(Cl)cc1[N+](=O)[O-]. The van der Waals surface area contributed by atoms with E-state index in [1.807, 2.05) is 13.0 Å². The lowest BCUT2D eigenvalue weighted by atomic mass is 10.2. The van der Waals surface area contributed by atoms with Crippen molar-refractivity contribution in [2.45, 2.75) is 19.9 Å². The fourth-order valence-electron chi connectivity index (χ4n) is 1.81. The Balaban J connectivity index is 2.03. The molecule has 0 atom stereocenters. The number of anilines is 1. The molecule has 0 unspecified atom stereocenters. The van der Waals surface area contributed by atoms with Crippen LogP contribution in [0.25, 0.3) is 0 Å². The van der Waals surface area contributed by atoms with Crippen molar-refractivity contribution in [1.82, 2.24) is 9.78 Å². The number of amides is 1. The number of nitrogens with one attached hydrogen (secondary N) is 1. The van der Waals surface area contributed by atoms with Gasteiger partial charge in [-0.15, -0.1) is 0 Å². The van der Waals surface area contributed by atoms with Crippen LogP contribution in [-0.2, 0) is 11.3 Å². The van der Waals surface area contributed by atoms with Gasteiger partial charge in [0.25, 0.3) is 5.69 Å². The van der Waals surface area contributed by atoms with Crippen molar-refractivity contribution in [3.63, 3.8) is 0 Å². The predicted octanol–water partition coefficient (Wildman–Crippen LogP) is 2.78. The number of carbonyl (C=O) groups excluding carboxylic acids is 1. The zero-order valence-electron chi connectivity index (χ0n) is 11.2. The zero-order chi connectivity index (χ0) is 15.4. The summed E-state index contributed by atoms with van der Waals surface area (Å²) in [4.78, 5) is 22.2. The lowest BCUT2D eigenvalue weighted by Crippen LogP contribution is -2.16. The van der Waals surface area contributed by atoms with E-state index in [9.17, 15) is 14.9 Å². The molecule has 0 aliphatic carbocycles. The number of aryl methyl sites for hydroxylation is 2. The van der Waals surface area contributed by atoms with E-state index in [-0.39, 0.29) is 28.7 Å². The molecule has 0 bridgehead atoms. The second kappa shape index (κ2) is 6.36. The molecule has 0 fully saturated rings. The quantitative estimate of drug-likeness (QED) is 0.679. The number of halogens is 1. The van der Waals surface area contributed by atoms with Gasteiger partial charge in [-0.1, -0.05) is 11.6 Å². The van der Waals surface area contributed by atoms with Gasteiger partial charge in [-0.25, -0.2) is 0 Å². The van der Waals surface area contributed by atoms with Crippen molar-refractivity contribution in [1.29, 1.82) is 0 Å². The van der Waals surface area contributed by atoms with E-state index in [2.05, 4.69) is 10.4 Å². The van der Waals surface area contributed by atoms with Crippen LogP contribution in [0.1, 0.15) is 12.1 Å². The minimum Gasteiger partial charge on any atom is -0.320 e. The molecular weight excluding hydrogens is 296 g/mol. The van der Waals surface area contributed by atoms with Crippen molar-refractivity contribution in [3.8, 4) is 0 Å². The van der Waals surface area contributed by atoms with E-state index in [0.29, 0.717) is 6.54 Å². The Kier molecular flexibility index (Phi) is 4.54. The molecule has 1 heterocycles. The molecule has 0 saturated carbocycles. The molecular formula is C13H13ClN4O3. The summed E-state index contributed by atoms with van der Waals surface area (Å²) in [7, 11) is 0. The number of nitrogens with zero attached hydrogens (tertiary/aromatic N) is 3. The Hall–Kier alpha value is -2.41. The topological polar surface area (TPSA) is 90.1 Å². The highest BCUT2D eigenvalue weighted by atomic mass is 35.5. The molecule has 8 heteroatoms. The Morgan fingerprint density at radius 3 is 2.86 bits per heavy atom. The summed E-state index contributed by atoms with van der Waals surface area (Å²) in [5.74, 6) is -0.324. The van der Waals surface area contributed by atoms with Gasteiger partial charge in [0.05, 0.1) is 4.92 Å². The van der Waals surface area contributed by atoms with Gasteiger partial charge < -0.3 is 5.32 Å². The average molecular weight is 309 g/mol. The van der Waals surface area contributed by atoms with Crippen LogP contribution >= 0.6 is 11.6 Å². The number of hydrogen-bond acceptors (Lipinski definition) is 4. The van der Waals surface area contributed by atoms with Gasteiger partial charge in [-0.3, -0.25) is 19.6 Å². The van der Waals surface area contributed by atoms with Crippen LogP contribution in [0.15, 0.2) is 30.5 Å². The van der Waals surface area contributed by atoms with Crippen molar-refractivity contribution in [3.05, 3.63) is 51.3 Å². The largest absolute Gasteiger partial charge is 0.320 e. The van der Waals surface area contributed by atoms with E-state index < -0.39 is 4.92 Å². The van der Waals surface area contributed by atoms with Crippen LogP contribution in [0.2, 0.25) is 5.02 Å². The average Bonchev–Trinajstić information content (AvgIpc) is 2.84. The molecule has 1 aromatic heterocycles. The number of benzene rings is 1. The Labute approximate surface area is 125 Å². The molecule has 21 heavy (non-hydrogen) atoms. The first-order valence-corrected chi connectivity index (χ1v) is 6.57. The van der Waals surface area contributed by atoms with E-state index in [0.717, 1.165) is 5.69 Å². The minimum atomic E-state index is -0.584. The maximum Gasteiger partial charge on any atom is 0.294 e. The van der Waals surface area contributed by atoms with Gasteiger partial charge in [-0.2, -0.15) is 5.10 Å². The molecule has 1 N–H and O–H groups in total. The predicted molar refractivity (Wildman–Crippen MR) is 78.3 cm³/mol. The molecule has 1 aromatic carbocycles. The first-order chi connectivity index (χ1) is 9.97. The van der Waals surface area contributed by atoms with Crippen LogP contribution in [-0.4, -0.2) is 20.6 Å². The zero-order valence-corrected chi connectivity index (χ0v) is 12.0. The van der Waals surface area contributed by atoms with Gasteiger partial charge >= 0.3 is 0 Å². The van der Waals surface area contributed by atoms with E-state index >= 15 is 0 Å². The van der Waals surface area contributed by atoms with E-state index in [4.69, 9.17) is 11.6 Å². The maximum absolute atomic E-state index is 11.9. The van der Waals surface area contributed by atoms with Gasteiger partial charge in [0.15, 0.2) is 0 Å². The van der Waals surface area contributed by atoms with Crippen LogP contribution < -0.4 is 5.32 Å².